The molecular weight excluding hydrogens is 416 g/mol. The molecule has 2 aromatic carbocycles. The highest BCUT2D eigenvalue weighted by Gasteiger charge is 2.26. The molecule has 1 saturated heterocycles. The van der Waals surface area contributed by atoms with Gasteiger partial charge in [-0.25, -0.2) is 4.79 Å². The number of amides is 4. The van der Waals surface area contributed by atoms with Crippen molar-refractivity contribution >= 4 is 35.1 Å². The Balaban J connectivity index is 1.30. The van der Waals surface area contributed by atoms with Crippen molar-refractivity contribution in [1.82, 2.24) is 15.1 Å². The van der Waals surface area contributed by atoms with Crippen molar-refractivity contribution in [2.24, 2.45) is 0 Å². The number of carbonyl (C=O) groups is 3. The molecule has 1 fully saturated rings. The van der Waals surface area contributed by atoms with Gasteiger partial charge in [-0.05, 0) is 36.6 Å². The first-order chi connectivity index (χ1) is 15.0. The standard InChI is InChI=1S/C23H25ClN4O3/c24-19-8-3-2-7-18(19)22(30)26-11-5-12-27(15-14-26)23(31)25-16-21(29)28-13-10-17-6-1-4-9-20(17)28/h1-4,6-9H,5,10-16H2,(H,25,31). The zero-order chi connectivity index (χ0) is 21.8. The van der Waals surface area contributed by atoms with E-state index in [0.29, 0.717) is 49.7 Å². The van der Waals surface area contributed by atoms with E-state index in [0.717, 1.165) is 17.7 Å². The molecule has 8 heteroatoms. The van der Waals surface area contributed by atoms with Crippen LogP contribution in [-0.4, -0.2) is 66.9 Å². The first kappa shape index (κ1) is 21.2. The van der Waals surface area contributed by atoms with Crippen LogP contribution in [0.5, 0.6) is 0 Å². The molecule has 4 amide bonds. The van der Waals surface area contributed by atoms with Crippen LogP contribution in [0.2, 0.25) is 5.02 Å². The van der Waals surface area contributed by atoms with Crippen LogP contribution in [0, 0.1) is 0 Å². The fourth-order valence-corrected chi connectivity index (χ4v) is 4.30. The predicted molar refractivity (Wildman–Crippen MR) is 119 cm³/mol. The number of anilines is 1. The second-order valence-electron chi connectivity index (χ2n) is 7.70. The summed E-state index contributed by atoms with van der Waals surface area (Å²) in [5, 5.41) is 3.17. The van der Waals surface area contributed by atoms with Gasteiger partial charge in [-0.15, -0.1) is 0 Å². The second-order valence-corrected chi connectivity index (χ2v) is 8.10. The average molecular weight is 441 g/mol. The monoisotopic (exact) mass is 440 g/mol. The molecule has 4 rings (SSSR count). The Bertz CT molecular complexity index is 996. The lowest BCUT2D eigenvalue weighted by Gasteiger charge is -2.23. The quantitative estimate of drug-likeness (QED) is 0.797. The molecule has 2 aromatic rings. The number of halogens is 1. The van der Waals surface area contributed by atoms with Gasteiger partial charge in [-0.1, -0.05) is 41.9 Å². The summed E-state index contributed by atoms with van der Waals surface area (Å²) in [5.74, 6) is -0.251. The van der Waals surface area contributed by atoms with Gasteiger partial charge in [0.05, 0.1) is 17.1 Å². The third-order valence-corrected chi connectivity index (χ3v) is 6.08. The highest BCUT2D eigenvalue weighted by molar-refractivity contribution is 6.33. The molecule has 0 saturated carbocycles. The normalized spacial score (nSPS) is 16.0. The topological polar surface area (TPSA) is 73.0 Å². The third-order valence-electron chi connectivity index (χ3n) is 5.75. The van der Waals surface area contributed by atoms with Gasteiger partial charge >= 0.3 is 6.03 Å². The minimum atomic E-state index is -0.284. The number of benzene rings is 2. The van der Waals surface area contributed by atoms with E-state index in [4.69, 9.17) is 11.6 Å². The molecule has 0 spiro atoms. The maximum atomic E-state index is 12.8. The van der Waals surface area contributed by atoms with Crippen molar-refractivity contribution in [1.29, 1.82) is 0 Å². The van der Waals surface area contributed by atoms with E-state index in [-0.39, 0.29) is 24.4 Å². The number of rotatable bonds is 3. The maximum Gasteiger partial charge on any atom is 0.317 e. The van der Waals surface area contributed by atoms with Crippen LogP contribution >= 0.6 is 11.6 Å². The Hall–Kier alpha value is -3.06. The molecule has 2 aliphatic heterocycles. The number of hydrogen-bond acceptors (Lipinski definition) is 3. The molecule has 0 aliphatic carbocycles. The van der Waals surface area contributed by atoms with Crippen LogP contribution in [0.1, 0.15) is 22.3 Å². The zero-order valence-electron chi connectivity index (χ0n) is 17.2. The highest BCUT2D eigenvalue weighted by atomic mass is 35.5. The number of carbonyl (C=O) groups excluding carboxylic acids is 3. The molecule has 162 valence electrons. The van der Waals surface area contributed by atoms with Crippen LogP contribution in [0.3, 0.4) is 0 Å². The lowest BCUT2D eigenvalue weighted by atomic mass is 10.2. The van der Waals surface area contributed by atoms with Crippen molar-refractivity contribution in [2.75, 3.05) is 44.2 Å². The van der Waals surface area contributed by atoms with Crippen LogP contribution in [0.4, 0.5) is 10.5 Å². The van der Waals surface area contributed by atoms with Crippen molar-refractivity contribution in [3.63, 3.8) is 0 Å². The Kier molecular flexibility index (Phi) is 6.42. The smallest absolute Gasteiger partial charge is 0.317 e. The maximum absolute atomic E-state index is 12.8. The van der Waals surface area contributed by atoms with E-state index < -0.39 is 0 Å². The summed E-state index contributed by atoms with van der Waals surface area (Å²) >= 11 is 6.16. The largest absolute Gasteiger partial charge is 0.337 e. The summed E-state index contributed by atoms with van der Waals surface area (Å²) in [6, 6.07) is 14.5. The summed E-state index contributed by atoms with van der Waals surface area (Å²) < 4.78 is 0. The lowest BCUT2D eigenvalue weighted by Crippen LogP contribution is -2.46. The second kappa shape index (κ2) is 9.39. The minimum Gasteiger partial charge on any atom is -0.337 e. The molecular formula is C23H25ClN4O3. The Morgan fingerprint density at radius 2 is 1.58 bits per heavy atom. The van der Waals surface area contributed by atoms with Gasteiger partial charge in [0.25, 0.3) is 5.91 Å². The van der Waals surface area contributed by atoms with Gasteiger partial charge in [-0.2, -0.15) is 0 Å². The van der Waals surface area contributed by atoms with Gasteiger partial charge < -0.3 is 20.0 Å². The molecule has 0 aromatic heterocycles. The average Bonchev–Trinajstić information content (AvgIpc) is 3.06. The van der Waals surface area contributed by atoms with Crippen molar-refractivity contribution in [3.05, 3.63) is 64.7 Å². The number of urea groups is 1. The number of fused-ring (bicyclic) bond motifs is 1. The number of hydrogen-bond donors (Lipinski definition) is 1. The van der Waals surface area contributed by atoms with Gasteiger partial charge in [-0.3, -0.25) is 9.59 Å². The van der Waals surface area contributed by atoms with Gasteiger partial charge in [0.1, 0.15) is 0 Å². The van der Waals surface area contributed by atoms with Crippen molar-refractivity contribution < 1.29 is 14.4 Å². The minimum absolute atomic E-state index is 0.0497. The van der Waals surface area contributed by atoms with E-state index in [1.807, 2.05) is 24.3 Å². The SMILES string of the molecule is O=C(NCC(=O)N1CCc2ccccc21)N1CCCN(C(=O)c2ccccc2Cl)CC1. The van der Waals surface area contributed by atoms with Crippen molar-refractivity contribution in [3.8, 4) is 0 Å². The highest BCUT2D eigenvalue weighted by Crippen LogP contribution is 2.27. The zero-order valence-corrected chi connectivity index (χ0v) is 18.0. The Morgan fingerprint density at radius 1 is 0.871 bits per heavy atom. The molecule has 0 radical (unpaired) electrons. The number of nitrogens with zero attached hydrogens (tertiary/aromatic N) is 3. The fraction of sp³-hybridized carbons (Fsp3) is 0.348. The Labute approximate surface area is 186 Å². The van der Waals surface area contributed by atoms with E-state index in [1.165, 1.54) is 0 Å². The van der Waals surface area contributed by atoms with E-state index in [1.54, 1.807) is 39.0 Å². The lowest BCUT2D eigenvalue weighted by molar-refractivity contribution is -0.117. The van der Waals surface area contributed by atoms with Crippen LogP contribution < -0.4 is 10.2 Å². The molecule has 2 heterocycles. The predicted octanol–water partition coefficient (Wildman–Crippen LogP) is 2.79. The van der Waals surface area contributed by atoms with Crippen LogP contribution in [0.15, 0.2) is 48.5 Å². The molecule has 0 bridgehead atoms. The van der Waals surface area contributed by atoms with Gasteiger partial charge in [0.15, 0.2) is 0 Å². The molecule has 31 heavy (non-hydrogen) atoms. The molecule has 1 N–H and O–H groups in total. The van der Waals surface area contributed by atoms with E-state index in [2.05, 4.69) is 5.32 Å². The van der Waals surface area contributed by atoms with E-state index >= 15 is 0 Å². The molecule has 0 atom stereocenters. The fourth-order valence-electron chi connectivity index (χ4n) is 4.08. The van der Waals surface area contributed by atoms with E-state index in [9.17, 15) is 14.4 Å². The molecule has 2 aliphatic rings. The summed E-state index contributed by atoms with van der Waals surface area (Å²) in [7, 11) is 0. The van der Waals surface area contributed by atoms with Crippen LogP contribution in [-0.2, 0) is 11.2 Å². The summed E-state index contributed by atoms with van der Waals surface area (Å²) in [6.45, 7) is 2.49. The molecule has 0 unspecified atom stereocenters. The van der Waals surface area contributed by atoms with Gasteiger partial charge in [0.2, 0.25) is 5.91 Å². The first-order valence-electron chi connectivity index (χ1n) is 10.5. The van der Waals surface area contributed by atoms with Crippen LogP contribution in [0.25, 0.3) is 0 Å². The van der Waals surface area contributed by atoms with Gasteiger partial charge in [0, 0.05) is 38.4 Å². The summed E-state index contributed by atoms with van der Waals surface area (Å²) in [4.78, 5) is 43.1. The summed E-state index contributed by atoms with van der Waals surface area (Å²) in [5.41, 5.74) is 2.54. The van der Waals surface area contributed by atoms with Crippen molar-refractivity contribution in [2.45, 2.75) is 12.8 Å². The molecule has 7 nitrogen and oxygen atoms in total. The number of nitrogens with one attached hydrogen (secondary N) is 1. The summed E-state index contributed by atoms with van der Waals surface area (Å²) in [6.07, 6.45) is 1.49. The Morgan fingerprint density at radius 3 is 2.42 bits per heavy atom. The third kappa shape index (κ3) is 4.66. The first-order valence-corrected chi connectivity index (χ1v) is 10.9. The number of para-hydroxylation sites is 1.